The summed E-state index contributed by atoms with van der Waals surface area (Å²) in [5.41, 5.74) is 4.58. The topological polar surface area (TPSA) is 66.8 Å². The minimum Gasteiger partial charge on any atom is -0.480 e. The first kappa shape index (κ1) is 19.9. The molecule has 1 unspecified atom stereocenters. The second kappa shape index (κ2) is 8.05. The van der Waals surface area contributed by atoms with Gasteiger partial charge in [0.2, 0.25) is 0 Å². The van der Waals surface area contributed by atoms with E-state index in [0.29, 0.717) is 0 Å². The maximum absolute atomic E-state index is 12.9. The van der Waals surface area contributed by atoms with Gasteiger partial charge in [-0.2, -0.15) is 0 Å². The molecule has 28 heavy (non-hydrogen) atoms. The zero-order valence-corrected chi connectivity index (χ0v) is 16.8. The van der Waals surface area contributed by atoms with E-state index in [-0.39, 0.29) is 24.5 Å². The van der Waals surface area contributed by atoms with Crippen molar-refractivity contribution in [2.75, 3.05) is 6.61 Å². The van der Waals surface area contributed by atoms with Crippen LogP contribution in [0, 0.1) is 5.92 Å². The van der Waals surface area contributed by atoms with Gasteiger partial charge in [0.1, 0.15) is 12.6 Å². The summed E-state index contributed by atoms with van der Waals surface area (Å²) in [6.07, 6.45) is -0.585. The molecule has 3 rings (SSSR count). The number of carboxylic acids is 1. The molecule has 148 valence electrons. The van der Waals surface area contributed by atoms with Crippen molar-refractivity contribution < 1.29 is 19.4 Å². The van der Waals surface area contributed by atoms with Crippen LogP contribution in [-0.2, 0) is 9.53 Å². The van der Waals surface area contributed by atoms with Crippen LogP contribution in [0.2, 0.25) is 0 Å². The van der Waals surface area contributed by atoms with Gasteiger partial charge in [-0.05, 0) is 42.0 Å². The Morgan fingerprint density at radius 2 is 1.46 bits per heavy atom. The van der Waals surface area contributed by atoms with Crippen LogP contribution in [0.3, 0.4) is 0 Å². The first-order valence-electron chi connectivity index (χ1n) is 9.69. The van der Waals surface area contributed by atoms with E-state index >= 15 is 0 Å². The predicted octanol–water partition coefficient (Wildman–Crippen LogP) is 4.76. The number of rotatable bonds is 6. The van der Waals surface area contributed by atoms with Crippen LogP contribution < -0.4 is 0 Å². The Morgan fingerprint density at radius 3 is 1.89 bits per heavy atom. The van der Waals surface area contributed by atoms with Gasteiger partial charge in [0.25, 0.3) is 0 Å². The zero-order chi connectivity index (χ0) is 20.4. The van der Waals surface area contributed by atoms with Gasteiger partial charge in [-0.15, -0.1) is 0 Å². The Kier molecular flexibility index (Phi) is 5.73. The summed E-state index contributed by atoms with van der Waals surface area (Å²) in [5.74, 6) is -1.29. The molecule has 0 fully saturated rings. The summed E-state index contributed by atoms with van der Waals surface area (Å²) < 4.78 is 5.67. The van der Waals surface area contributed by atoms with Crippen molar-refractivity contribution in [2.24, 2.45) is 5.92 Å². The number of fused-ring (bicyclic) bond motifs is 3. The number of hydrogen-bond donors (Lipinski definition) is 1. The predicted molar refractivity (Wildman–Crippen MR) is 108 cm³/mol. The van der Waals surface area contributed by atoms with Crippen molar-refractivity contribution in [3.63, 3.8) is 0 Å². The highest BCUT2D eigenvalue weighted by atomic mass is 16.6. The number of ether oxygens (including phenoxy) is 1. The lowest BCUT2D eigenvalue weighted by Crippen LogP contribution is -2.51. The number of aliphatic carboxylic acids is 1. The van der Waals surface area contributed by atoms with E-state index < -0.39 is 18.1 Å². The third-order valence-electron chi connectivity index (χ3n) is 5.29. The van der Waals surface area contributed by atoms with E-state index in [9.17, 15) is 14.7 Å². The average Bonchev–Trinajstić information content (AvgIpc) is 2.97. The quantitative estimate of drug-likeness (QED) is 0.784. The molecule has 0 bridgehead atoms. The Hall–Kier alpha value is -2.82. The van der Waals surface area contributed by atoms with E-state index in [0.717, 1.165) is 22.3 Å². The number of hydrogen-bond acceptors (Lipinski definition) is 3. The van der Waals surface area contributed by atoms with Crippen molar-refractivity contribution in [1.29, 1.82) is 0 Å². The molecule has 2 aromatic carbocycles. The van der Waals surface area contributed by atoms with Crippen LogP contribution >= 0.6 is 0 Å². The number of carbonyl (C=O) groups is 2. The minimum absolute atomic E-state index is 0.0484. The summed E-state index contributed by atoms with van der Waals surface area (Å²) in [4.78, 5) is 25.9. The number of carbonyl (C=O) groups excluding carboxylic acids is 1. The number of carboxylic acid groups (broad SMARTS) is 1. The maximum atomic E-state index is 12.9. The van der Waals surface area contributed by atoms with Crippen LogP contribution in [0.25, 0.3) is 11.1 Å². The largest absolute Gasteiger partial charge is 0.480 e. The van der Waals surface area contributed by atoms with E-state index in [4.69, 9.17) is 4.74 Å². The average molecular weight is 381 g/mol. The lowest BCUT2D eigenvalue weighted by Gasteiger charge is -2.34. The Balaban J connectivity index is 1.83. The Morgan fingerprint density at radius 1 is 0.964 bits per heavy atom. The number of amides is 1. The lowest BCUT2D eigenvalue weighted by atomic mass is 9.98. The van der Waals surface area contributed by atoms with Crippen LogP contribution in [0.1, 0.15) is 44.7 Å². The first-order chi connectivity index (χ1) is 13.3. The third kappa shape index (κ3) is 3.61. The van der Waals surface area contributed by atoms with Gasteiger partial charge in [0.05, 0.1) is 0 Å². The molecule has 2 aromatic rings. The van der Waals surface area contributed by atoms with Gasteiger partial charge in [-0.25, -0.2) is 9.59 Å². The highest BCUT2D eigenvalue weighted by Crippen LogP contribution is 2.44. The van der Waals surface area contributed by atoms with Crippen LogP contribution in [-0.4, -0.2) is 40.8 Å². The second-order valence-corrected chi connectivity index (χ2v) is 7.83. The fourth-order valence-corrected chi connectivity index (χ4v) is 4.04. The van der Waals surface area contributed by atoms with Crippen molar-refractivity contribution in [2.45, 2.75) is 45.7 Å². The van der Waals surface area contributed by atoms with Crippen LogP contribution in [0.15, 0.2) is 48.5 Å². The van der Waals surface area contributed by atoms with E-state index in [2.05, 4.69) is 24.3 Å². The summed E-state index contributed by atoms with van der Waals surface area (Å²) in [7, 11) is 0. The van der Waals surface area contributed by atoms with Crippen molar-refractivity contribution >= 4 is 12.1 Å². The molecule has 5 heteroatoms. The smallest absolute Gasteiger partial charge is 0.410 e. The molecule has 1 amide bonds. The van der Waals surface area contributed by atoms with E-state index in [1.54, 1.807) is 27.7 Å². The number of nitrogens with zero attached hydrogens (tertiary/aromatic N) is 1. The van der Waals surface area contributed by atoms with Gasteiger partial charge in [-0.3, -0.25) is 4.90 Å². The van der Waals surface area contributed by atoms with E-state index in [1.807, 2.05) is 24.3 Å². The van der Waals surface area contributed by atoms with Crippen molar-refractivity contribution in [1.82, 2.24) is 4.90 Å². The first-order valence-corrected chi connectivity index (χ1v) is 9.69. The molecular formula is C23H27NO4. The fourth-order valence-electron chi connectivity index (χ4n) is 4.04. The molecule has 0 aromatic heterocycles. The number of benzene rings is 2. The van der Waals surface area contributed by atoms with E-state index in [1.165, 1.54) is 4.90 Å². The molecule has 1 aliphatic carbocycles. The van der Waals surface area contributed by atoms with Crippen molar-refractivity contribution in [3.05, 3.63) is 59.7 Å². The molecule has 1 atom stereocenters. The van der Waals surface area contributed by atoms with Gasteiger partial charge >= 0.3 is 12.1 Å². The van der Waals surface area contributed by atoms with Gasteiger partial charge in [0, 0.05) is 12.0 Å². The monoisotopic (exact) mass is 381 g/mol. The maximum Gasteiger partial charge on any atom is 0.410 e. The Labute approximate surface area is 165 Å². The van der Waals surface area contributed by atoms with Crippen molar-refractivity contribution in [3.8, 4) is 11.1 Å². The summed E-state index contributed by atoms with van der Waals surface area (Å²) >= 11 is 0. The third-order valence-corrected chi connectivity index (χ3v) is 5.29. The molecule has 0 saturated carbocycles. The van der Waals surface area contributed by atoms with Gasteiger partial charge in [0.15, 0.2) is 0 Å². The molecule has 0 spiro atoms. The summed E-state index contributed by atoms with van der Waals surface area (Å²) in [6.45, 7) is 7.38. The molecule has 0 heterocycles. The van der Waals surface area contributed by atoms with Gasteiger partial charge < -0.3 is 9.84 Å². The van der Waals surface area contributed by atoms with Gasteiger partial charge in [-0.1, -0.05) is 62.4 Å². The molecule has 0 saturated heterocycles. The molecule has 0 radical (unpaired) electrons. The minimum atomic E-state index is -1.02. The molecule has 1 aliphatic rings. The van der Waals surface area contributed by atoms with Crippen LogP contribution in [0.5, 0.6) is 0 Å². The normalized spacial score (nSPS) is 13.9. The highest BCUT2D eigenvalue weighted by molar-refractivity contribution is 5.81. The molecule has 1 N–H and O–H groups in total. The summed E-state index contributed by atoms with van der Waals surface area (Å²) in [6, 6.07) is 15.1. The molecule has 0 aliphatic heterocycles. The standard InChI is InChI=1S/C23H27NO4/c1-14(2)21(22(25)26)24(15(3)4)23(27)28-13-20-18-11-7-5-9-16(18)17-10-6-8-12-19(17)20/h5-12,14-15,20-21H,13H2,1-4H3,(H,25,26). The fraction of sp³-hybridized carbons (Fsp3) is 0.391. The Bertz CT molecular complexity index is 829. The molecular weight excluding hydrogens is 354 g/mol. The zero-order valence-electron chi connectivity index (χ0n) is 16.8. The highest BCUT2D eigenvalue weighted by Gasteiger charge is 2.36. The summed E-state index contributed by atoms with van der Waals surface area (Å²) in [5, 5.41) is 9.60. The van der Waals surface area contributed by atoms with Crippen LogP contribution in [0.4, 0.5) is 4.79 Å². The second-order valence-electron chi connectivity index (χ2n) is 7.83. The lowest BCUT2D eigenvalue weighted by molar-refractivity contribution is -0.145. The SMILES string of the molecule is CC(C)C(C(=O)O)N(C(=O)OCC1c2ccccc2-c2ccccc21)C(C)C. The molecule has 5 nitrogen and oxygen atoms in total.